The van der Waals surface area contributed by atoms with Crippen LogP contribution in [0.5, 0.6) is 0 Å². The summed E-state index contributed by atoms with van der Waals surface area (Å²) in [5.74, 6) is 0.584. The van der Waals surface area contributed by atoms with Crippen molar-refractivity contribution in [1.29, 1.82) is 0 Å². The first kappa shape index (κ1) is 32.0. The summed E-state index contributed by atoms with van der Waals surface area (Å²) in [7, 11) is 0. The largest absolute Gasteiger partial charge is 0.321 e. The van der Waals surface area contributed by atoms with Gasteiger partial charge in [0.2, 0.25) is 0 Å². The fraction of sp³-hybridized carbons (Fsp3) is 0.266. The number of benzene rings is 7. The molecule has 4 nitrogen and oxygen atoms in total. The van der Waals surface area contributed by atoms with Gasteiger partial charge in [-0.25, -0.2) is 4.98 Å². The lowest BCUT2D eigenvalue weighted by Gasteiger charge is -2.32. The summed E-state index contributed by atoms with van der Waals surface area (Å²) in [6.45, 7) is 24.9. The van der Waals surface area contributed by atoms with E-state index in [1.54, 1.807) is 13.1 Å². The second-order valence-corrected chi connectivity index (χ2v) is 21.7. The summed E-state index contributed by atoms with van der Waals surface area (Å²) in [5, 5.41) is 1.36. The maximum Gasteiger partial charge on any atom is 0.137 e. The quantitative estimate of drug-likeness (QED) is 0.159. The van der Waals surface area contributed by atoms with Gasteiger partial charge in [-0.1, -0.05) is 179 Å². The minimum Gasteiger partial charge on any atom is -0.321 e. The molecule has 2 aromatic heterocycles. The summed E-state index contributed by atoms with van der Waals surface area (Å²) in [6.07, 6.45) is 1.77. The Hall–Kier alpha value is -6.91. The Morgan fingerprint density at radius 3 is 1.68 bits per heavy atom. The number of nitrogens with zero attached hydrogens (tertiary/aromatic N) is 4. The van der Waals surface area contributed by atoms with Crippen LogP contribution in [0, 0.1) is 6.92 Å². The van der Waals surface area contributed by atoms with Crippen LogP contribution in [0.1, 0.15) is 127 Å². The number of aromatic nitrogens is 2. The van der Waals surface area contributed by atoms with Crippen molar-refractivity contribution in [1.82, 2.24) is 9.55 Å². The molecule has 7 aromatic carbocycles. The predicted octanol–water partition coefficient (Wildman–Crippen LogP) is 17.3. The van der Waals surface area contributed by atoms with Crippen molar-refractivity contribution >= 4 is 44.6 Å². The molecule has 0 fully saturated rings. The highest BCUT2D eigenvalue weighted by atomic mass is 15.4. The summed E-state index contributed by atoms with van der Waals surface area (Å²) in [5.41, 5.74) is 7.17. The van der Waals surface area contributed by atoms with Gasteiger partial charge in [0.05, 0.1) is 45.9 Å². The highest BCUT2D eigenvalue weighted by Gasteiger charge is 2.35. The van der Waals surface area contributed by atoms with E-state index < -0.39 is 71.3 Å². The first-order valence-corrected chi connectivity index (χ1v) is 23.3. The maximum atomic E-state index is 9.38. The molecule has 10 rings (SSSR count). The van der Waals surface area contributed by atoms with E-state index in [0.29, 0.717) is 39.2 Å². The van der Waals surface area contributed by atoms with Gasteiger partial charge >= 0.3 is 0 Å². The number of rotatable bonds is 7. The van der Waals surface area contributed by atoms with Crippen LogP contribution in [0.3, 0.4) is 0 Å². The average molecular weight is 904 g/mol. The van der Waals surface area contributed by atoms with Gasteiger partial charge < -0.3 is 9.80 Å². The van der Waals surface area contributed by atoms with Gasteiger partial charge in [-0.15, -0.1) is 0 Å². The molecule has 0 amide bonds. The van der Waals surface area contributed by atoms with Gasteiger partial charge in [-0.05, 0) is 129 Å². The number of hydrogen-bond acceptors (Lipinski definition) is 3. The molecular weight excluding hydrogens is 825 g/mol. The van der Waals surface area contributed by atoms with Crippen molar-refractivity contribution < 1.29 is 17.8 Å². The molecule has 4 heteroatoms. The second kappa shape index (κ2) is 16.4. The molecule has 1 aliphatic heterocycles. The normalized spacial score (nSPS) is 16.1. The molecule has 3 heterocycles. The topological polar surface area (TPSA) is 24.3 Å². The predicted molar refractivity (Wildman–Crippen MR) is 291 cm³/mol. The van der Waals surface area contributed by atoms with Crippen molar-refractivity contribution in [2.45, 2.75) is 105 Å². The molecular formula is C64H66N4. The number of anilines is 4. The Kier molecular flexibility index (Phi) is 7.71. The van der Waals surface area contributed by atoms with Gasteiger partial charge in [0.25, 0.3) is 0 Å². The smallest absolute Gasteiger partial charge is 0.137 e. The molecule has 0 saturated carbocycles. The standard InChI is InChI=1S/C64H66N4/c1-42-27-30-55-54(33-42)51-29-28-46(39-58(51)68(55)59-40-45(31-32-65-59)61(2,3)4)64(11,12)49-34-47(62(5,6)7)35-50(36-49)66-41-67(57-26-20-19-25-56(57)66)60-52(43-21-15-13-16-22-43)37-48(63(8,9)10)38-53(60)44-23-17-14-18-24-44/h13-40H,41H2,1-12H3/i13D,14D,15D,16D,17D,18D,21D,22D,23D,24D,27D,30D,33D. The maximum absolute atomic E-state index is 9.38. The highest BCUT2D eigenvalue weighted by Crippen LogP contribution is 2.52. The Morgan fingerprint density at radius 1 is 0.500 bits per heavy atom. The van der Waals surface area contributed by atoms with Gasteiger partial charge in [-0.2, -0.15) is 0 Å². The summed E-state index contributed by atoms with van der Waals surface area (Å²) in [4.78, 5) is 8.99. The minimum atomic E-state index is -0.708. The van der Waals surface area contributed by atoms with Crippen molar-refractivity contribution in [2.24, 2.45) is 0 Å². The van der Waals surface area contributed by atoms with Gasteiger partial charge in [-0.3, -0.25) is 4.57 Å². The van der Waals surface area contributed by atoms with E-state index in [-0.39, 0.29) is 57.9 Å². The van der Waals surface area contributed by atoms with E-state index in [2.05, 4.69) is 90.6 Å². The third-order valence-electron chi connectivity index (χ3n) is 13.6. The van der Waals surface area contributed by atoms with Crippen LogP contribution in [-0.2, 0) is 21.7 Å². The Bertz CT molecular complexity index is 3990. The first-order valence-electron chi connectivity index (χ1n) is 29.8. The Balaban J connectivity index is 1.22. The van der Waals surface area contributed by atoms with E-state index in [4.69, 9.17) is 14.6 Å². The lowest BCUT2D eigenvalue weighted by molar-refractivity contribution is 0.582. The monoisotopic (exact) mass is 904 g/mol. The van der Waals surface area contributed by atoms with Crippen molar-refractivity contribution in [3.05, 3.63) is 203 Å². The highest BCUT2D eigenvalue weighted by molar-refractivity contribution is 6.09. The number of hydrogen-bond donors (Lipinski definition) is 0. The molecule has 0 spiro atoms. The first-order chi connectivity index (χ1) is 37.7. The molecule has 342 valence electrons. The molecule has 0 N–H and O–H groups in total. The van der Waals surface area contributed by atoms with E-state index in [0.717, 1.165) is 44.5 Å². The van der Waals surface area contributed by atoms with Crippen LogP contribution >= 0.6 is 0 Å². The third-order valence-corrected chi connectivity index (χ3v) is 13.6. The van der Waals surface area contributed by atoms with Crippen molar-refractivity contribution in [3.8, 4) is 28.1 Å². The number of pyridine rings is 1. The third kappa shape index (κ3) is 7.98. The van der Waals surface area contributed by atoms with Crippen molar-refractivity contribution in [3.63, 3.8) is 0 Å². The Morgan fingerprint density at radius 2 is 1.07 bits per heavy atom. The van der Waals surface area contributed by atoms with Crippen LogP contribution in [0.15, 0.2) is 170 Å². The van der Waals surface area contributed by atoms with E-state index in [9.17, 15) is 8.22 Å². The van der Waals surface area contributed by atoms with Crippen molar-refractivity contribution in [2.75, 3.05) is 16.5 Å². The fourth-order valence-electron chi connectivity index (χ4n) is 9.40. The van der Waals surface area contributed by atoms with Crippen LogP contribution in [-0.4, -0.2) is 16.2 Å². The van der Waals surface area contributed by atoms with E-state index in [1.165, 1.54) is 0 Å². The zero-order valence-corrected chi connectivity index (χ0v) is 41.2. The molecule has 68 heavy (non-hydrogen) atoms. The van der Waals surface area contributed by atoms with Gasteiger partial charge in [0.1, 0.15) is 12.5 Å². The molecule has 9 aromatic rings. The molecule has 0 unspecified atom stereocenters. The van der Waals surface area contributed by atoms with E-state index in [1.807, 2.05) is 84.8 Å². The van der Waals surface area contributed by atoms with E-state index >= 15 is 0 Å². The molecule has 0 saturated heterocycles. The van der Waals surface area contributed by atoms with Crippen LogP contribution in [0.2, 0.25) is 0 Å². The lowest BCUT2D eigenvalue weighted by Crippen LogP contribution is -2.27. The SMILES string of the molecule is [2H]c1c([2H])c([2H])c(-c2cc(C(C)(C)C)cc(-c3c([2H])c([2H])c([2H])c([2H])c3[2H])c2N2CN(c3cc(C(C)(C)C)cc(C(C)(C)c4ccc5c6c([2H])c(C)c([2H])c([2H])c6n(-c6cc(C(C)(C)C)ccn6)c5c4)c3)c3ccccc32)c([2H])c1[2H]. The molecule has 0 bridgehead atoms. The van der Waals surface area contributed by atoms with Gasteiger partial charge in [0, 0.05) is 39.2 Å². The molecule has 0 aliphatic carbocycles. The molecule has 0 atom stereocenters. The summed E-state index contributed by atoms with van der Waals surface area (Å²) in [6, 6.07) is 23.3. The molecule has 0 radical (unpaired) electrons. The van der Waals surface area contributed by atoms with Crippen LogP contribution < -0.4 is 9.80 Å². The van der Waals surface area contributed by atoms with Crippen LogP contribution in [0.25, 0.3) is 49.9 Å². The summed E-state index contributed by atoms with van der Waals surface area (Å²) >= 11 is 0. The molecule has 1 aliphatic rings. The lowest BCUT2D eigenvalue weighted by atomic mass is 9.75. The zero-order valence-electron chi connectivity index (χ0n) is 54.2. The van der Waals surface area contributed by atoms with Gasteiger partial charge in [0.15, 0.2) is 0 Å². The zero-order chi connectivity index (χ0) is 59.2. The second-order valence-electron chi connectivity index (χ2n) is 21.7. The number of para-hydroxylation sites is 2. The summed E-state index contributed by atoms with van der Waals surface area (Å²) < 4.78 is 120. The fourth-order valence-corrected chi connectivity index (χ4v) is 9.40. The van der Waals surface area contributed by atoms with Crippen LogP contribution in [0.4, 0.5) is 22.7 Å². The number of fused-ring (bicyclic) bond motifs is 4. The Labute approximate surface area is 423 Å². The average Bonchev–Trinajstić information content (AvgIpc) is 2.51. The minimum absolute atomic E-state index is 0.00446.